The Morgan fingerprint density at radius 1 is 1.48 bits per heavy atom. The summed E-state index contributed by atoms with van der Waals surface area (Å²) in [7, 11) is 0. The quantitative estimate of drug-likeness (QED) is 0.753. The minimum Gasteiger partial charge on any atom is -0.466 e. The SMILES string of the molecule is CCOC(=O)[C@@H]1CCC[C@@H](C=Cc2nc3cc(F)ccc3s2)C1. The molecule has 0 amide bonds. The highest BCUT2D eigenvalue weighted by molar-refractivity contribution is 7.19. The Hall–Kier alpha value is -1.75. The lowest BCUT2D eigenvalue weighted by atomic mass is 9.81. The van der Waals surface area contributed by atoms with Crippen molar-refractivity contribution in [3.63, 3.8) is 0 Å². The fourth-order valence-corrected chi connectivity index (χ4v) is 3.95. The number of nitrogens with zero attached hydrogens (tertiary/aromatic N) is 1. The van der Waals surface area contributed by atoms with Crippen LogP contribution >= 0.6 is 11.3 Å². The van der Waals surface area contributed by atoms with E-state index in [0.717, 1.165) is 35.4 Å². The fourth-order valence-electron chi connectivity index (χ4n) is 3.08. The van der Waals surface area contributed by atoms with Crippen LogP contribution in [0.4, 0.5) is 4.39 Å². The van der Waals surface area contributed by atoms with E-state index in [4.69, 9.17) is 4.74 Å². The summed E-state index contributed by atoms with van der Waals surface area (Å²) in [5.74, 6) is 0.0636. The van der Waals surface area contributed by atoms with Crippen LogP contribution in [-0.4, -0.2) is 17.6 Å². The number of esters is 1. The summed E-state index contributed by atoms with van der Waals surface area (Å²) in [6.07, 6.45) is 8.04. The Labute approximate surface area is 139 Å². The zero-order chi connectivity index (χ0) is 16.2. The van der Waals surface area contributed by atoms with Gasteiger partial charge in [-0.05, 0) is 50.3 Å². The third-order valence-corrected chi connectivity index (χ3v) is 5.21. The van der Waals surface area contributed by atoms with Crippen LogP contribution in [0.3, 0.4) is 0 Å². The number of aromatic nitrogens is 1. The second-order valence-electron chi connectivity index (χ2n) is 5.90. The van der Waals surface area contributed by atoms with Crippen LogP contribution in [-0.2, 0) is 9.53 Å². The number of carbonyl (C=O) groups is 1. The third-order valence-electron chi connectivity index (χ3n) is 4.21. The molecule has 0 radical (unpaired) electrons. The van der Waals surface area contributed by atoms with Crippen LogP contribution in [0.25, 0.3) is 16.3 Å². The standard InChI is InChI=1S/C18H20FNO2S/c1-2-22-18(21)13-5-3-4-12(10-13)6-9-17-20-15-11-14(19)7-8-16(15)23-17/h6-9,11-13H,2-5,10H2,1H3/t12-,13+/m0/s1. The van der Waals surface area contributed by atoms with Gasteiger partial charge in [-0.15, -0.1) is 11.3 Å². The molecule has 1 fully saturated rings. The molecule has 5 heteroatoms. The molecule has 3 rings (SSSR count). The number of ether oxygens (including phenoxy) is 1. The second kappa shape index (κ2) is 7.21. The van der Waals surface area contributed by atoms with Gasteiger partial charge in [-0.25, -0.2) is 9.37 Å². The molecular weight excluding hydrogens is 313 g/mol. The molecule has 2 aromatic rings. The summed E-state index contributed by atoms with van der Waals surface area (Å²) in [6, 6.07) is 4.68. The van der Waals surface area contributed by atoms with Crippen molar-refractivity contribution in [2.45, 2.75) is 32.6 Å². The van der Waals surface area contributed by atoms with Crippen LogP contribution in [0.1, 0.15) is 37.6 Å². The molecule has 1 aliphatic rings. The first-order valence-electron chi connectivity index (χ1n) is 8.06. The molecule has 1 aromatic carbocycles. The molecule has 0 aliphatic heterocycles. The molecule has 1 aromatic heterocycles. The van der Waals surface area contributed by atoms with Crippen LogP contribution in [0, 0.1) is 17.7 Å². The number of hydrogen-bond acceptors (Lipinski definition) is 4. The van der Waals surface area contributed by atoms with Crippen molar-refractivity contribution in [2.24, 2.45) is 11.8 Å². The smallest absolute Gasteiger partial charge is 0.308 e. The molecule has 0 saturated heterocycles. The first-order valence-corrected chi connectivity index (χ1v) is 8.88. The van der Waals surface area contributed by atoms with Crippen molar-refractivity contribution in [1.82, 2.24) is 4.98 Å². The zero-order valence-corrected chi connectivity index (χ0v) is 13.9. The van der Waals surface area contributed by atoms with Gasteiger partial charge in [-0.3, -0.25) is 4.79 Å². The average molecular weight is 333 g/mol. The minimum absolute atomic E-state index is 0.0165. The lowest BCUT2D eigenvalue weighted by molar-refractivity contribution is -0.149. The Balaban J connectivity index is 1.67. The predicted octanol–water partition coefficient (Wildman–Crippen LogP) is 4.82. The van der Waals surface area contributed by atoms with E-state index in [9.17, 15) is 9.18 Å². The van der Waals surface area contributed by atoms with E-state index >= 15 is 0 Å². The number of carbonyl (C=O) groups excluding carboxylic acids is 1. The maximum absolute atomic E-state index is 13.2. The Bertz CT molecular complexity index is 725. The summed E-state index contributed by atoms with van der Waals surface area (Å²) in [5, 5.41) is 0.879. The molecule has 1 saturated carbocycles. The van der Waals surface area contributed by atoms with E-state index in [1.165, 1.54) is 12.1 Å². The van der Waals surface area contributed by atoms with E-state index in [-0.39, 0.29) is 17.7 Å². The maximum atomic E-state index is 13.2. The lowest BCUT2D eigenvalue weighted by Crippen LogP contribution is -2.24. The van der Waals surface area contributed by atoms with Crippen LogP contribution in [0.5, 0.6) is 0 Å². The van der Waals surface area contributed by atoms with E-state index in [2.05, 4.69) is 11.1 Å². The molecule has 0 spiro atoms. The van der Waals surface area contributed by atoms with Crippen molar-refractivity contribution >= 4 is 33.6 Å². The van der Waals surface area contributed by atoms with E-state index in [0.29, 0.717) is 18.0 Å². The third kappa shape index (κ3) is 3.96. The number of allylic oxidation sites excluding steroid dienone is 1. The largest absolute Gasteiger partial charge is 0.466 e. The number of hydrogen-bond donors (Lipinski definition) is 0. The highest BCUT2D eigenvalue weighted by Crippen LogP contribution is 2.32. The molecule has 23 heavy (non-hydrogen) atoms. The minimum atomic E-state index is -0.261. The topological polar surface area (TPSA) is 39.2 Å². The summed E-state index contributed by atoms with van der Waals surface area (Å²) >= 11 is 1.55. The Morgan fingerprint density at radius 2 is 2.35 bits per heavy atom. The molecule has 122 valence electrons. The van der Waals surface area contributed by atoms with E-state index in [1.54, 1.807) is 17.4 Å². The molecule has 0 N–H and O–H groups in total. The van der Waals surface area contributed by atoms with E-state index in [1.807, 2.05) is 13.0 Å². The molecule has 2 atom stereocenters. The normalized spacial score (nSPS) is 21.8. The highest BCUT2D eigenvalue weighted by atomic mass is 32.1. The highest BCUT2D eigenvalue weighted by Gasteiger charge is 2.26. The summed E-state index contributed by atoms with van der Waals surface area (Å²) in [5.41, 5.74) is 0.697. The number of rotatable bonds is 4. The first-order chi connectivity index (χ1) is 11.2. The van der Waals surface area contributed by atoms with Gasteiger partial charge in [0.25, 0.3) is 0 Å². The van der Waals surface area contributed by atoms with Crippen LogP contribution in [0.15, 0.2) is 24.3 Å². The average Bonchev–Trinajstić information content (AvgIpc) is 2.95. The number of fused-ring (bicyclic) bond motifs is 1. The molecular formula is C18H20FNO2S. The van der Waals surface area contributed by atoms with Crippen LogP contribution < -0.4 is 0 Å². The number of halogens is 1. The fraction of sp³-hybridized carbons (Fsp3) is 0.444. The molecule has 0 bridgehead atoms. The monoisotopic (exact) mass is 333 g/mol. The van der Waals surface area contributed by atoms with Gasteiger partial charge >= 0.3 is 5.97 Å². The van der Waals surface area contributed by atoms with Crippen molar-refractivity contribution in [3.05, 3.63) is 35.1 Å². The summed E-state index contributed by atoms with van der Waals surface area (Å²) in [6.45, 7) is 2.28. The summed E-state index contributed by atoms with van der Waals surface area (Å²) < 4.78 is 19.3. The van der Waals surface area contributed by atoms with Gasteiger partial charge in [0.1, 0.15) is 10.8 Å². The van der Waals surface area contributed by atoms with Crippen molar-refractivity contribution in [1.29, 1.82) is 0 Å². The van der Waals surface area contributed by atoms with Gasteiger partial charge < -0.3 is 4.74 Å². The van der Waals surface area contributed by atoms with Gasteiger partial charge in [0.2, 0.25) is 0 Å². The maximum Gasteiger partial charge on any atom is 0.308 e. The molecule has 3 nitrogen and oxygen atoms in total. The molecule has 1 heterocycles. The summed E-state index contributed by atoms with van der Waals surface area (Å²) in [4.78, 5) is 16.3. The Kier molecular flexibility index (Phi) is 5.06. The van der Waals surface area contributed by atoms with Crippen molar-refractivity contribution in [3.8, 4) is 0 Å². The molecule has 0 unspecified atom stereocenters. The van der Waals surface area contributed by atoms with Crippen LogP contribution in [0.2, 0.25) is 0 Å². The first kappa shape index (κ1) is 16.1. The number of thiazole rings is 1. The van der Waals surface area contributed by atoms with Gasteiger partial charge in [-0.1, -0.05) is 12.5 Å². The van der Waals surface area contributed by atoms with Crippen molar-refractivity contribution in [2.75, 3.05) is 6.61 Å². The zero-order valence-electron chi connectivity index (χ0n) is 13.1. The number of benzene rings is 1. The van der Waals surface area contributed by atoms with Crippen molar-refractivity contribution < 1.29 is 13.9 Å². The van der Waals surface area contributed by atoms with Gasteiger partial charge in [0.05, 0.1) is 22.7 Å². The van der Waals surface area contributed by atoms with Gasteiger partial charge in [0.15, 0.2) is 0 Å². The van der Waals surface area contributed by atoms with Gasteiger partial charge in [-0.2, -0.15) is 0 Å². The second-order valence-corrected chi connectivity index (χ2v) is 6.96. The van der Waals surface area contributed by atoms with E-state index < -0.39 is 0 Å². The Morgan fingerprint density at radius 3 is 3.17 bits per heavy atom. The lowest BCUT2D eigenvalue weighted by Gasteiger charge is -2.25. The van der Waals surface area contributed by atoms with Gasteiger partial charge in [0, 0.05) is 6.07 Å². The predicted molar refractivity (Wildman–Crippen MR) is 90.7 cm³/mol. The molecule has 1 aliphatic carbocycles.